The van der Waals surface area contributed by atoms with E-state index in [2.05, 4.69) is 0 Å². The Bertz CT molecular complexity index is 616. The number of thiophene rings is 1. The molecule has 0 saturated carbocycles. The molecule has 0 aliphatic heterocycles. The Hall–Kier alpha value is -2.01. The first-order chi connectivity index (χ1) is 10.1. The van der Waals surface area contributed by atoms with Crippen LogP contribution in [0.3, 0.4) is 0 Å². The Kier molecular flexibility index (Phi) is 4.85. The number of methoxy groups -OCH3 is 1. The highest BCUT2D eigenvalue weighted by Crippen LogP contribution is 2.35. The lowest BCUT2D eigenvalue weighted by molar-refractivity contribution is 0.0775. The minimum atomic E-state index is -0.00966. The van der Waals surface area contributed by atoms with Crippen molar-refractivity contribution in [3.63, 3.8) is 0 Å². The third-order valence-electron chi connectivity index (χ3n) is 3.49. The lowest BCUT2D eigenvalue weighted by Gasteiger charge is -2.19. The van der Waals surface area contributed by atoms with Crippen molar-refractivity contribution < 1.29 is 9.53 Å². The fraction of sp³-hybridized carbons (Fsp3) is 0.312. The highest BCUT2D eigenvalue weighted by molar-refractivity contribution is 7.15. The first-order valence-electron chi connectivity index (χ1n) is 6.93. The second-order valence-corrected chi connectivity index (χ2v) is 5.51. The second-order valence-electron chi connectivity index (χ2n) is 4.59. The highest BCUT2D eigenvalue weighted by atomic mass is 32.1. The third kappa shape index (κ3) is 3.03. The predicted octanol–water partition coefficient (Wildman–Crippen LogP) is 3.49. The minimum absolute atomic E-state index is 0.00966. The molecule has 0 radical (unpaired) electrons. The maximum absolute atomic E-state index is 12.6. The molecule has 1 aromatic heterocycles. The quantitative estimate of drug-likeness (QED) is 0.920. The first-order valence-corrected chi connectivity index (χ1v) is 7.80. The van der Waals surface area contributed by atoms with Crippen LogP contribution in [0.1, 0.15) is 24.2 Å². The average molecular weight is 304 g/mol. The predicted molar refractivity (Wildman–Crippen MR) is 88.0 cm³/mol. The summed E-state index contributed by atoms with van der Waals surface area (Å²) < 4.78 is 5.16. The van der Waals surface area contributed by atoms with Crippen molar-refractivity contribution in [1.29, 1.82) is 0 Å². The van der Waals surface area contributed by atoms with Crippen LogP contribution < -0.4 is 10.5 Å². The maximum Gasteiger partial charge on any atom is 0.257 e. The van der Waals surface area contributed by atoms with Crippen molar-refractivity contribution >= 4 is 22.2 Å². The minimum Gasteiger partial charge on any atom is -0.497 e. The zero-order valence-corrected chi connectivity index (χ0v) is 13.4. The normalized spacial score (nSPS) is 10.4. The monoisotopic (exact) mass is 304 g/mol. The van der Waals surface area contributed by atoms with Crippen LogP contribution in [0.2, 0.25) is 0 Å². The van der Waals surface area contributed by atoms with Gasteiger partial charge >= 0.3 is 0 Å². The van der Waals surface area contributed by atoms with Crippen LogP contribution in [0, 0.1) is 0 Å². The summed E-state index contributed by atoms with van der Waals surface area (Å²) in [7, 11) is 1.63. The largest absolute Gasteiger partial charge is 0.497 e. The van der Waals surface area contributed by atoms with Gasteiger partial charge in [-0.25, -0.2) is 0 Å². The Morgan fingerprint density at radius 1 is 1.24 bits per heavy atom. The van der Waals surface area contributed by atoms with Crippen LogP contribution >= 0.6 is 11.3 Å². The van der Waals surface area contributed by atoms with Crippen LogP contribution in [0.25, 0.3) is 11.1 Å². The molecule has 112 valence electrons. The van der Waals surface area contributed by atoms with E-state index in [1.165, 1.54) is 11.3 Å². The van der Waals surface area contributed by atoms with Gasteiger partial charge in [-0.05, 0) is 31.5 Å². The van der Waals surface area contributed by atoms with E-state index in [0.29, 0.717) is 23.7 Å². The number of ether oxygens (including phenoxy) is 1. The highest BCUT2D eigenvalue weighted by Gasteiger charge is 2.22. The Morgan fingerprint density at radius 3 is 2.38 bits per heavy atom. The van der Waals surface area contributed by atoms with Gasteiger partial charge in [0.15, 0.2) is 0 Å². The van der Waals surface area contributed by atoms with Gasteiger partial charge in [-0.2, -0.15) is 0 Å². The van der Waals surface area contributed by atoms with Gasteiger partial charge in [-0.15, -0.1) is 11.3 Å². The van der Waals surface area contributed by atoms with Crippen molar-refractivity contribution in [2.24, 2.45) is 0 Å². The SMILES string of the molecule is CCN(CC)C(=O)c1c(-c2ccc(OC)cc2)csc1N. The summed E-state index contributed by atoms with van der Waals surface area (Å²) in [6.45, 7) is 5.29. The molecule has 0 unspecified atom stereocenters. The Balaban J connectivity index is 2.43. The number of nitrogen functional groups attached to an aromatic ring is 1. The molecule has 21 heavy (non-hydrogen) atoms. The zero-order valence-electron chi connectivity index (χ0n) is 12.6. The molecule has 0 aliphatic rings. The van der Waals surface area contributed by atoms with E-state index in [9.17, 15) is 4.79 Å². The topological polar surface area (TPSA) is 55.6 Å². The molecule has 0 saturated heterocycles. The van der Waals surface area contributed by atoms with Gasteiger partial charge in [0.1, 0.15) is 5.75 Å². The summed E-state index contributed by atoms with van der Waals surface area (Å²) in [6, 6.07) is 7.66. The molecule has 0 atom stereocenters. The lowest BCUT2D eigenvalue weighted by atomic mass is 10.0. The molecule has 5 heteroatoms. The molecule has 2 aromatic rings. The van der Waals surface area contributed by atoms with Crippen LogP contribution in [-0.2, 0) is 0 Å². The summed E-state index contributed by atoms with van der Waals surface area (Å²) in [4.78, 5) is 14.4. The summed E-state index contributed by atoms with van der Waals surface area (Å²) >= 11 is 1.40. The molecule has 1 amide bonds. The van der Waals surface area contributed by atoms with Crippen molar-refractivity contribution in [2.45, 2.75) is 13.8 Å². The molecule has 0 fully saturated rings. The van der Waals surface area contributed by atoms with Crippen LogP contribution in [-0.4, -0.2) is 31.0 Å². The number of nitrogens with two attached hydrogens (primary N) is 1. The first kappa shape index (κ1) is 15.4. The zero-order chi connectivity index (χ0) is 15.4. The van der Waals surface area contributed by atoms with Crippen LogP contribution in [0.4, 0.5) is 5.00 Å². The standard InChI is InChI=1S/C16H20N2O2S/c1-4-18(5-2)16(19)14-13(10-21-15(14)17)11-6-8-12(20-3)9-7-11/h6-10H,4-5,17H2,1-3H3. The van der Waals surface area contributed by atoms with Gasteiger partial charge < -0.3 is 15.4 Å². The fourth-order valence-electron chi connectivity index (χ4n) is 2.25. The Labute approximate surface area is 129 Å². The number of carbonyl (C=O) groups is 1. The number of rotatable bonds is 5. The number of nitrogens with zero attached hydrogens (tertiary/aromatic N) is 1. The Morgan fingerprint density at radius 2 is 1.86 bits per heavy atom. The van der Waals surface area contributed by atoms with E-state index in [1.807, 2.05) is 43.5 Å². The molecular weight excluding hydrogens is 284 g/mol. The van der Waals surface area contributed by atoms with E-state index >= 15 is 0 Å². The van der Waals surface area contributed by atoms with E-state index < -0.39 is 0 Å². The van der Waals surface area contributed by atoms with Gasteiger partial charge in [0.05, 0.1) is 17.7 Å². The molecule has 2 N–H and O–H groups in total. The second kappa shape index (κ2) is 6.63. The lowest BCUT2D eigenvalue weighted by Crippen LogP contribution is -2.31. The van der Waals surface area contributed by atoms with E-state index in [4.69, 9.17) is 10.5 Å². The summed E-state index contributed by atoms with van der Waals surface area (Å²) in [5.41, 5.74) is 8.49. The number of anilines is 1. The van der Waals surface area contributed by atoms with Crippen molar-refractivity contribution in [2.75, 3.05) is 25.9 Å². The maximum atomic E-state index is 12.6. The fourth-order valence-corrected chi connectivity index (χ4v) is 3.06. The number of carbonyl (C=O) groups excluding carboxylic acids is 1. The van der Waals surface area contributed by atoms with E-state index in [-0.39, 0.29) is 5.91 Å². The van der Waals surface area contributed by atoms with E-state index in [0.717, 1.165) is 16.9 Å². The average Bonchev–Trinajstić information content (AvgIpc) is 2.90. The van der Waals surface area contributed by atoms with Gasteiger partial charge in [0, 0.05) is 24.0 Å². The summed E-state index contributed by atoms with van der Waals surface area (Å²) in [5, 5.41) is 2.51. The van der Waals surface area contributed by atoms with E-state index in [1.54, 1.807) is 12.0 Å². The molecule has 1 heterocycles. The number of hydrogen-bond acceptors (Lipinski definition) is 4. The van der Waals surface area contributed by atoms with Crippen molar-refractivity contribution in [3.05, 3.63) is 35.2 Å². The number of benzene rings is 1. The number of amides is 1. The van der Waals surface area contributed by atoms with Crippen LogP contribution in [0.15, 0.2) is 29.6 Å². The van der Waals surface area contributed by atoms with Gasteiger partial charge in [0.2, 0.25) is 0 Å². The molecule has 0 bridgehead atoms. The molecule has 0 spiro atoms. The third-order valence-corrected chi connectivity index (χ3v) is 4.30. The van der Waals surface area contributed by atoms with Gasteiger partial charge in [-0.1, -0.05) is 12.1 Å². The summed E-state index contributed by atoms with van der Waals surface area (Å²) in [6.07, 6.45) is 0. The molecular formula is C16H20N2O2S. The van der Waals surface area contributed by atoms with Gasteiger partial charge in [0.25, 0.3) is 5.91 Å². The molecule has 1 aromatic carbocycles. The van der Waals surface area contributed by atoms with Crippen molar-refractivity contribution in [3.8, 4) is 16.9 Å². The number of hydrogen-bond donors (Lipinski definition) is 1. The van der Waals surface area contributed by atoms with Gasteiger partial charge in [-0.3, -0.25) is 4.79 Å². The molecule has 4 nitrogen and oxygen atoms in total. The molecule has 0 aliphatic carbocycles. The summed E-state index contributed by atoms with van der Waals surface area (Å²) in [5.74, 6) is 0.781. The van der Waals surface area contributed by atoms with Crippen LogP contribution in [0.5, 0.6) is 5.75 Å². The van der Waals surface area contributed by atoms with Crippen molar-refractivity contribution in [1.82, 2.24) is 4.90 Å². The smallest absolute Gasteiger partial charge is 0.257 e. The molecule has 2 rings (SSSR count).